The van der Waals surface area contributed by atoms with Crippen LogP contribution in [-0.4, -0.2) is 37.4 Å². The van der Waals surface area contributed by atoms with E-state index in [0.717, 1.165) is 11.1 Å². The summed E-state index contributed by atoms with van der Waals surface area (Å²) >= 11 is 0. The summed E-state index contributed by atoms with van der Waals surface area (Å²) in [4.78, 5) is 24.8. The van der Waals surface area contributed by atoms with E-state index in [9.17, 15) is 9.59 Å². The van der Waals surface area contributed by atoms with Crippen LogP contribution in [-0.2, 0) is 9.47 Å². The number of esters is 2. The van der Waals surface area contributed by atoms with Crippen LogP contribution in [0.4, 0.5) is 0 Å². The molecule has 0 bridgehead atoms. The molecule has 5 rings (SSSR count). The molecule has 0 spiro atoms. The first-order chi connectivity index (χ1) is 16.6. The molecule has 0 N–H and O–H groups in total. The predicted octanol–water partition coefficient (Wildman–Crippen LogP) is 3.63. The average molecular weight is 450 g/mol. The predicted molar refractivity (Wildman–Crippen MR) is 122 cm³/mol. The number of carbonyl (C=O) groups excluding carboxylic acids is 2. The van der Waals surface area contributed by atoms with E-state index in [4.69, 9.17) is 18.9 Å². The molecular formula is C28H18O6. The van der Waals surface area contributed by atoms with Gasteiger partial charge in [0.15, 0.2) is 0 Å². The van der Waals surface area contributed by atoms with Crippen LogP contribution in [0.5, 0.6) is 11.5 Å². The van der Waals surface area contributed by atoms with Crippen LogP contribution in [0.25, 0.3) is 0 Å². The molecule has 166 valence electrons. The number of ether oxygens (including phenoxy) is 4. The van der Waals surface area contributed by atoms with Gasteiger partial charge >= 0.3 is 11.9 Å². The van der Waals surface area contributed by atoms with E-state index in [0.29, 0.717) is 35.8 Å². The molecule has 2 heterocycles. The third-order valence-corrected chi connectivity index (χ3v) is 4.91. The fourth-order valence-electron chi connectivity index (χ4n) is 2.88. The number of hydrogen-bond donors (Lipinski definition) is 0. The van der Waals surface area contributed by atoms with Crippen LogP contribution in [0.15, 0.2) is 72.8 Å². The third-order valence-electron chi connectivity index (χ3n) is 4.91. The molecule has 0 amide bonds. The summed E-state index contributed by atoms with van der Waals surface area (Å²) in [7, 11) is 0. The van der Waals surface area contributed by atoms with E-state index < -0.39 is 11.9 Å². The topological polar surface area (TPSA) is 77.7 Å². The third kappa shape index (κ3) is 5.90. The van der Waals surface area contributed by atoms with Gasteiger partial charge in [-0.1, -0.05) is 23.7 Å². The van der Waals surface area contributed by atoms with E-state index in [2.05, 4.69) is 23.7 Å². The van der Waals surface area contributed by atoms with Crippen LogP contribution in [0.3, 0.4) is 0 Å². The minimum atomic E-state index is -0.494. The molecule has 0 saturated carbocycles. The Morgan fingerprint density at radius 2 is 0.971 bits per heavy atom. The van der Waals surface area contributed by atoms with Gasteiger partial charge in [0.2, 0.25) is 0 Å². The van der Waals surface area contributed by atoms with Crippen molar-refractivity contribution in [1.29, 1.82) is 0 Å². The summed E-state index contributed by atoms with van der Waals surface area (Å²) in [6.07, 6.45) is 0.0552. The SMILES string of the molecule is O=C(Oc1ccc(OC(=O)c2ccc(C#CC3CO3)cc2)cc1)c1ccc(C#CC2CO2)cc1. The molecule has 2 aliphatic rings. The van der Waals surface area contributed by atoms with Gasteiger partial charge in [0.1, 0.15) is 23.7 Å². The number of rotatable bonds is 4. The molecule has 2 saturated heterocycles. The van der Waals surface area contributed by atoms with Gasteiger partial charge in [-0.05, 0) is 72.8 Å². The molecule has 2 unspecified atom stereocenters. The molecule has 0 radical (unpaired) electrons. The Kier molecular flexibility index (Phi) is 6.09. The van der Waals surface area contributed by atoms with Crippen molar-refractivity contribution in [3.8, 4) is 35.2 Å². The molecule has 0 aromatic heterocycles. The van der Waals surface area contributed by atoms with Crippen molar-refractivity contribution in [3.63, 3.8) is 0 Å². The highest BCUT2D eigenvalue weighted by Gasteiger charge is 2.19. The maximum Gasteiger partial charge on any atom is 0.343 e. The van der Waals surface area contributed by atoms with Crippen molar-refractivity contribution >= 4 is 11.9 Å². The molecule has 34 heavy (non-hydrogen) atoms. The number of carbonyl (C=O) groups is 2. The van der Waals surface area contributed by atoms with E-state index in [-0.39, 0.29) is 12.2 Å². The average Bonchev–Trinajstić information content (AvgIpc) is 3.79. The quantitative estimate of drug-likeness (QED) is 0.262. The zero-order chi connectivity index (χ0) is 23.3. The van der Waals surface area contributed by atoms with Gasteiger partial charge < -0.3 is 18.9 Å². The highest BCUT2D eigenvalue weighted by molar-refractivity contribution is 5.92. The lowest BCUT2D eigenvalue weighted by molar-refractivity contribution is 0.0719. The largest absolute Gasteiger partial charge is 0.423 e. The Hall–Kier alpha value is -4.36. The van der Waals surface area contributed by atoms with Crippen molar-refractivity contribution in [3.05, 3.63) is 95.1 Å². The summed E-state index contributed by atoms with van der Waals surface area (Å²) in [5, 5.41) is 0. The maximum absolute atomic E-state index is 12.4. The van der Waals surface area contributed by atoms with Crippen molar-refractivity contribution in [2.75, 3.05) is 13.2 Å². The Morgan fingerprint density at radius 3 is 1.29 bits per heavy atom. The molecule has 3 aromatic carbocycles. The van der Waals surface area contributed by atoms with Crippen molar-refractivity contribution in [2.24, 2.45) is 0 Å². The Labute approximate surface area is 196 Å². The highest BCUT2D eigenvalue weighted by atomic mass is 16.6. The first-order valence-electron chi connectivity index (χ1n) is 10.6. The maximum atomic E-state index is 12.4. The normalized spacial score (nSPS) is 17.3. The summed E-state index contributed by atoms with van der Waals surface area (Å²) < 4.78 is 20.9. The first kappa shape index (κ1) is 21.5. The molecule has 2 aliphatic heterocycles. The fourth-order valence-corrected chi connectivity index (χ4v) is 2.88. The van der Waals surface area contributed by atoms with Crippen LogP contribution in [0.2, 0.25) is 0 Å². The summed E-state index contributed by atoms with van der Waals surface area (Å²) in [5.41, 5.74) is 2.41. The molecule has 0 aliphatic carbocycles. The highest BCUT2D eigenvalue weighted by Crippen LogP contribution is 2.20. The molecule has 2 fully saturated rings. The van der Waals surface area contributed by atoms with E-state index in [1.54, 1.807) is 72.8 Å². The van der Waals surface area contributed by atoms with Gasteiger partial charge in [0.05, 0.1) is 24.3 Å². The molecular weight excluding hydrogens is 432 g/mol. The zero-order valence-corrected chi connectivity index (χ0v) is 17.9. The minimum absolute atomic E-state index is 0.0276. The van der Waals surface area contributed by atoms with Gasteiger partial charge in [-0.2, -0.15) is 0 Å². The lowest BCUT2D eigenvalue weighted by Gasteiger charge is -2.07. The Balaban J connectivity index is 1.15. The van der Waals surface area contributed by atoms with E-state index in [1.165, 1.54) is 0 Å². The van der Waals surface area contributed by atoms with Gasteiger partial charge in [-0.25, -0.2) is 9.59 Å². The second kappa shape index (κ2) is 9.64. The molecule has 3 aromatic rings. The van der Waals surface area contributed by atoms with Gasteiger partial charge in [-0.3, -0.25) is 0 Å². The zero-order valence-electron chi connectivity index (χ0n) is 17.9. The first-order valence-corrected chi connectivity index (χ1v) is 10.6. The second-order valence-electron chi connectivity index (χ2n) is 7.59. The van der Waals surface area contributed by atoms with Crippen LogP contribution < -0.4 is 9.47 Å². The Bertz CT molecular complexity index is 1220. The standard InChI is InChI=1S/C28H18O6/c29-27(21-7-1-19(2-8-21)5-11-25-17-31-25)33-23-13-15-24(16-14-23)34-28(30)22-9-3-20(4-10-22)6-12-26-18-32-26/h1-4,7-10,13-16,25-26H,17-18H2. The number of hydrogen-bond acceptors (Lipinski definition) is 6. The molecule has 6 heteroatoms. The van der Waals surface area contributed by atoms with E-state index in [1.807, 2.05) is 0 Å². The monoisotopic (exact) mass is 450 g/mol. The molecule has 2 atom stereocenters. The van der Waals surface area contributed by atoms with E-state index >= 15 is 0 Å². The Morgan fingerprint density at radius 1 is 0.618 bits per heavy atom. The fraction of sp³-hybridized carbons (Fsp3) is 0.143. The van der Waals surface area contributed by atoms with Gasteiger partial charge in [-0.15, -0.1) is 0 Å². The second-order valence-corrected chi connectivity index (χ2v) is 7.59. The van der Waals surface area contributed by atoms with Crippen LogP contribution in [0.1, 0.15) is 31.8 Å². The lowest BCUT2D eigenvalue weighted by atomic mass is 10.1. The smallest absolute Gasteiger partial charge is 0.343 e. The van der Waals surface area contributed by atoms with Crippen molar-refractivity contribution in [1.82, 2.24) is 0 Å². The minimum Gasteiger partial charge on any atom is -0.423 e. The van der Waals surface area contributed by atoms with Crippen molar-refractivity contribution in [2.45, 2.75) is 12.2 Å². The number of epoxide rings is 2. The van der Waals surface area contributed by atoms with Gasteiger partial charge in [0, 0.05) is 11.1 Å². The van der Waals surface area contributed by atoms with Gasteiger partial charge in [0.25, 0.3) is 0 Å². The number of benzene rings is 3. The van der Waals surface area contributed by atoms with Crippen LogP contribution >= 0.6 is 0 Å². The summed E-state index contributed by atoms with van der Waals surface area (Å²) in [6, 6.07) is 19.9. The van der Waals surface area contributed by atoms with Crippen molar-refractivity contribution < 1.29 is 28.5 Å². The van der Waals surface area contributed by atoms with Crippen LogP contribution in [0, 0.1) is 23.7 Å². The lowest BCUT2D eigenvalue weighted by Crippen LogP contribution is -2.09. The summed E-state index contributed by atoms with van der Waals surface area (Å²) in [5.74, 6) is 11.6. The summed E-state index contributed by atoms with van der Waals surface area (Å²) in [6.45, 7) is 1.35. The molecule has 6 nitrogen and oxygen atoms in total.